The molecule has 0 bridgehead atoms. The zero-order valence-electron chi connectivity index (χ0n) is 9.16. The molecule has 0 aromatic rings. The molecule has 94 valence electrons. The molecule has 0 radical (unpaired) electrons. The van der Waals surface area contributed by atoms with Gasteiger partial charge in [-0.05, 0) is 0 Å². The van der Waals surface area contributed by atoms with Crippen molar-refractivity contribution in [1.29, 1.82) is 0 Å². The molecule has 1 fully saturated rings. The molecule has 16 heavy (non-hydrogen) atoms. The highest BCUT2D eigenvalue weighted by molar-refractivity contribution is 5.73. The Kier molecular flexibility index (Phi) is 4.63. The zero-order chi connectivity index (χ0) is 12.3. The van der Waals surface area contributed by atoms with Crippen LogP contribution in [0.3, 0.4) is 0 Å². The van der Waals surface area contributed by atoms with Gasteiger partial charge in [0.1, 0.15) is 24.4 Å². The normalized spacial score (nSPS) is 39.4. The van der Waals surface area contributed by atoms with Gasteiger partial charge in [0.25, 0.3) is 0 Å². The second kappa shape index (κ2) is 5.55. The Balaban J connectivity index is 2.76. The van der Waals surface area contributed by atoms with E-state index in [1.54, 1.807) is 0 Å². The first-order valence-corrected chi connectivity index (χ1v) is 4.93. The number of hydrogen-bond acceptors (Lipinski definition) is 6. The van der Waals surface area contributed by atoms with E-state index < -0.39 is 36.6 Å². The molecule has 3 unspecified atom stereocenters. The minimum absolute atomic E-state index is 0.389. The number of carbonyl (C=O) groups excluding carboxylic acids is 1. The maximum Gasteiger partial charge on any atom is 0.217 e. The number of methoxy groups -OCH3 is 1. The van der Waals surface area contributed by atoms with E-state index in [2.05, 4.69) is 5.32 Å². The average Bonchev–Trinajstić information content (AvgIpc) is 2.23. The summed E-state index contributed by atoms with van der Waals surface area (Å²) in [6, 6.07) is -0.967. The van der Waals surface area contributed by atoms with Crippen molar-refractivity contribution in [2.45, 2.75) is 37.6 Å². The van der Waals surface area contributed by atoms with Crippen LogP contribution in [0, 0.1) is 0 Å². The van der Waals surface area contributed by atoms with E-state index >= 15 is 0 Å². The summed E-state index contributed by atoms with van der Waals surface area (Å²) in [4.78, 5) is 10.9. The Morgan fingerprint density at radius 1 is 1.50 bits per heavy atom. The summed E-state index contributed by atoms with van der Waals surface area (Å²) in [5, 5.41) is 30.7. The molecule has 0 aliphatic carbocycles. The second-order valence-electron chi connectivity index (χ2n) is 3.66. The Labute approximate surface area is 93.0 Å². The highest BCUT2D eigenvalue weighted by atomic mass is 16.6. The van der Waals surface area contributed by atoms with Crippen molar-refractivity contribution in [3.8, 4) is 0 Å². The second-order valence-corrected chi connectivity index (χ2v) is 3.66. The minimum Gasteiger partial charge on any atom is -0.394 e. The van der Waals surface area contributed by atoms with Gasteiger partial charge < -0.3 is 30.1 Å². The topological polar surface area (TPSA) is 108 Å². The molecule has 0 aromatic carbocycles. The van der Waals surface area contributed by atoms with Gasteiger partial charge in [-0.15, -0.1) is 0 Å². The zero-order valence-corrected chi connectivity index (χ0v) is 9.16. The first-order chi connectivity index (χ1) is 7.51. The summed E-state index contributed by atoms with van der Waals surface area (Å²) >= 11 is 0. The number of aliphatic hydroxyl groups is 3. The Bertz CT molecular complexity index is 248. The molecule has 1 heterocycles. The van der Waals surface area contributed by atoms with Crippen LogP contribution in [0.4, 0.5) is 0 Å². The van der Waals surface area contributed by atoms with E-state index in [0.717, 1.165) is 0 Å². The van der Waals surface area contributed by atoms with E-state index in [1.807, 2.05) is 0 Å². The molecule has 4 N–H and O–H groups in total. The number of nitrogens with one attached hydrogen (secondary N) is 1. The van der Waals surface area contributed by atoms with Crippen LogP contribution < -0.4 is 5.32 Å². The van der Waals surface area contributed by atoms with E-state index in [4.69, 9.17) is 14.6 Å². The van der Waals surface area contributed by atoms with Crippen LogP contribution >= 0.6 is 0 Å². The van der Waals surface area contributed by atoms with Gasteiger partial charge in [0.2, 0.25) is 5.91 Å². The lowest BCUT2D eigenvalue weighted by atomic mass is 9.97. The Hall–Kier alpha value is -0.730. The van der Waals surface area contributed by atoms with E-state index in [1.165, 1.54) is 14.0 Å². The third-order valence-electron chi connectivity index (χ3n) is 2.51. The molecule has 7 heteroatoms. The number of amides is 1. The monoisotopic (exact) mass is 235 g/mol. The molecule has 7 nitrogen and oxygen atoms in total. The number of ether oxygens (including phenoxy) is 2. The molecule has 1 rings (SSSR count). The summed E-state index contributed by atoms with van der Waals surface area (Å²) in [6.45, 7) is 0.874. The smallest absolute Gasteiger partial charge is 0.217 e. The molecule has 0 aromatic heterocycles. The lowest BCUT2D eigenvalue weighted by Gasteiger charge is -2.41. The molecule has 5 atom stereocenters. The third-order valence-corrected chi connectivity index (χ3v) is 2.51. The standard InChI is InChI=1S/C9H17NO6/c1-4(12)10-6-7(13)8(15-2)5(3-11)16-9(6)14/h5-9,11,13-14H,3H2,1-2H3,(H,10,12)/t5?,6?,7-,8-,9?/m1/s1. The molecule has 0 spiro atoms. The van der Waals surface area contributed by atoms with Crippen molar-refractivity contribution in [1.82, 2.24) is 5.32 Å². The third kappa shape index (κ3) is 2.69. The van der Waals surface area contributed by atoms with Gasteiger partial charge in [-0.25, -0.2) is 0 Å². The number of carbonyl (C=O) groups is 1. The van der Waals surface area contributed by atoms with Gasteiger partial charge in [-0.3, -0.25) is 4.79 Å². The van der Waals surface area contributed by atoms with Gasteiger partial charge in [-0.1, -0.05) is 0 Å². The first-order valence-electron chi connectivity index (χ1n) is 4.93. The average molecular weight is 235 g/mol. The molecule has 1 aliphatic rings. The molecular formula is C9H17NO6. The van der Waals surface area contributed by atoms with E-state index in [9.17, 15) is 15.0 Å². The summed E-state index contributed by atoms with van der Waals surface area (Å²) < 4.78 is 10.00. The van der Waals surface area contributed by atoms with Gasteiger partial charge in [-0.2, -0.15) is 0 Å². The van der Waals surface area contributed by atoms with Crippen molar-refractivity contribution in [2.75, 3.05) is 13.7 Å². The van der Waals surface area contributed by atoms with Crippen LogP contribution in [0.15, 0.2) is 0 Å². The summed E-state index contributed by atoms with van der Waals surface area (Å²) in [6.07, 6.45) is -4.14. The first kappa shape index (κ1) is 13.3. The fourth-order valence-corrected chi connectivity index (χ4v) is 1.76. The Morgan fingerprint density at radius 3 is 2.56 bits per heavy atom. The van der Waals surface area contributed by atoms with Crippen LogP contribution in [0.2, 0.25) is 0 Å². The summed E-state index contributed by atoms with van der Waals surface area (Å²) in [5.41, 5.74) is 0. The summed E-state index contributed by atoms with van der Waals surface area (Å²) in [7, 11) is 1.35. The number of hydrogen-bond donors (Lipinski definition) is 4. The lowest BCUT2D eigenvalue weighted by Crippen LogP contribution is -2.64. The number of rotatable bonds is 3. The maximum atomic E-state index is 10.9. The molecule has 1 saturated heterocycles. The van der Waals surface area contributed by atoms with Crippen LogP contribution in [0.5, 0.6) is 0 Å². The minimum atomic E-state index is -1.37. The van der Waals surface area contributed by atoms with Crippen LogP contribution in [-0.2, 0) is 14.3 Å². The van der Waals surface area contributed by atoms with Gasteiger partial charge in [0.05, 0.1) is 6.61 Å². The predicted molar refractivity (Wildman–Crippen MR) is 52.4 cm³/mol. The fraction of sp³-hybridized carbons (Fsp3) is 0.889. The van der Waals surface area contributed by atoms with Crippen LogP contribution in [0.1, 0.15) is 6.92 Å². The largest absolute Gasteiger partial charge is 0.394 e. The Morgan fingerprint density at radius 2 is 2.12 bits per heavy atom. The van der Waals surface area contributed by atoms with Crippen LogP contribution in [-0.4, -0.2) is 65.6 Å². The van der Waals surface area contributed by atoms with Gasteiger partial charge in [0.15, 0.2) is 6.29 Å². The van der Waals surface area contributed by atoms with Gasteiger partial charge in [0, 0.05) is 14.0 Å². The predicted octanol–water partition coefficient (Wildman–Crippen LogP) is -2.42. The maximum absolute atomic E-state index is 10.9. The number of aliphatic hydroxyl groups excluding tert-OH is 3. The molecular weight excluding hydrogens is 218 g/mol. The van der Waals surface area contributed by atoms with Crippen molar-refractivity contribution in [3.05, 3.63) is 0 Å². The molecule has 1 amide bonds. The molecule has 1 aliphatic heterocycles. The SMILES string of the molecule is CO[C@@H]1C(CO)OC(O)C(NC(C)=O)[C@H]1O. The lowest BCUT2D eigenvalue weighted by molar-refractivity contribution is -0.258. The summed E-state index contributed by atoms with van der Waals surface area (Å²) in [5.74, 6) is -0.399. The fourth-order valence-electron chi connectivity index (χ4n) is 1.76. The van der Waals surface area contributed by atoms with E-state index in [-0.39, 0.29) is 6.61 Å². The van der Waals surface area contributed by atoms with E-state index in [0.29, 0.717) is 0 Å². The highest BCUT2D eigenvalue weighted by Crippen LogP contribution is 2.21. The van der Waals surface area contributed by atoms with Crippen molar-refractivity contribution in [3.63, 3.8) is 0 Å². The van der Waals surface area contributed by atoms with Crippen LogP contribution in [0.25, 0.3) is 0 Å². The van der Waals surface area contributed by atoms with Crippen molar-refractivity contribution < 1.29 is 29.6 Å². The quantitative estimate of drug-likeness (QED) is 0.433. The van der Waals surface area contributed by atoms with Gasteiger partial charge >= 0.3 is 0 Å². The highest BCUT2D eigenvalue weighted by Gasteiger charge is 2.44. The van der Waals surface area contributed by atoms with Crippen molar-refractivity contribution >= 4 is 5.91 Å². The molecule has 0 saturated carbocycles. The van der Waals surface area contributed by atoms with Crippen molar-refractivity contribution in [2.24, 2.45) is 0 Å².